The second-order valence-electron chi connectivity index (χ2n) is 4.99. The molecule has 19 heavy (non-hydrogen) atoms. The lowest BCUT2D eigenvalue weighted by molar-refractivity contribution is -0.137. The summed E-state index contributed by atoms with van der Waals surface area (Å²) in [6, 6.07) is 6.63. The van der Waals surface area contributed by atoms with Crippen molar-refractivity contribution in [3.05, 3.63) is 30.1 Å². The van der Waals surface area contributed by atoms with Gasteiger partial charge in [-0.2, -0.15) is 0 Å². The Morgan fingerprint density at radius 2 is 2.26 bits per heavy atom. The zero-order valence-electron chi connectivity index (χ0n) is 11.0. The summed E-state index contributed by atoms with van der Waals surface area (Å²) < 4.78 is 13.9. The molecule has 0 bridgehead atoms. The summed E-state index contributed by atoms with van der Waals surface area (Å²) in [6.45, 7) is 3.28. The number of carbonyl (C=O) groups is 1. The van der Waals surface area contributed by atoms with Gasteiger partial charge in [-0.15, -0.1) is 0 Å². The lowest BCUT2D eigenvalue weighted by Crippen LogP contribution is -2.42. The number of carboxylic acids is 1. The number of nitrogens with zero attached hydrogens (tertiary/aromatic N) is 1. The van der Waals surface area contributed by atoms with E-state index < -0.39 is 5.97 Å². The van der Waals surface area contributed by atoms with E-state index in [1.807, 2.05) is 4.90 Å². The smallest absolute Gasteiger partial charge is 0.305 e. The third-order valence-corrected chi connectivity index (χ3v) is 3.52. The van der Waals surface area contributed by atoms with Crippen molar-refractivity contribution in [1.29, 1.82) is 0 Å². The summed E-state index contributed by atoms with van der Waals surface area (Å²) in [7, 11) is 0. The van der Waals surface area contributed by atoms with E-state index in [4.69, 9.17) is 5.11 Å². The lowest BCUT2D eigenvalue weighted by Gasteiger charge is -2.31. The van der Waals surface area contributed by atoms with Gasteiger partial charge in [0.15, 0.2) is 0 Å². The van der Waals surface area contributed by atoms with E-state index in [1.165, 1.54) is 6.07 Å². The molecule has 1 heterocycles. The first-order valence-corrected chi connectivity index (χ1v) is 6.54. The molecule has 1 aliphatic heterocycles. The number of rotatable bonds is 3. The highest BCUT2D eigenvalue weighted by Gasteiger charge is 2.26. The van der Waals surface area contributed by atoms with Crippen molar-refractivity contribution < 1.29 is 14.3 Å². The van der Waals surface area contributed by atoms with Gasteiger partial charge in [-0.05, 0) is 25.5 Å². The zero-order valence-corrected chi connectivity index (χ0v) is 11.0. The molecule has 1 aromatic carbocycles. The van der Waals surface area contributed by atoms with Crippen LogP contribution < -0.4 is 10.2 Å². The number of anilines is 1. The van der Waals surface area contributed by atoms with Gasteiger partial charge in [-0.3, -0.25) is 4.79 Å². The molecule has 2 unspecified atom stereocenters. The number of nitrogens with one attached hydrogen (secondary N) is 1. The lowest BCUT2D eigenvalue weighted by atomic mass is 10.1. The van der Waals surface area contributed by atoms with Gasteiger partial charge >= 0.3 is 5.97 Å². The Morgan fingerprint density at radius 1 is 1.53 bits per heavy atom. The fraction of sp³-hybridized carbons (Fsp3) is 0.500. The molecule has 0 aromatic heterocycles. The van der Waals surface area contributed by atoms with Crippen LogP contribution in [0.4, 0.5) is 10.1 Å². The summed E-state index contributed by atoms with van der Waals surface area (Å²) in [6.07, 6.45) is 0.874. The van der Waals surface area contributed by atoms with E-state index in [-0.39, 0.29) is 18.3 Å². The van der Waals surface area contributed by atoms with Crippen molar-refractivity contribution in [2.75, 3.05) is 18.0 Å². The van der Waals surface area contributed by atoms with Gasteiger partial charge < -0.3 is 15.3 Å². The Balaban J connectivity index is 2.26. The van der Waals surface area contributed by atoms with Crippen LogP contribution in [0.5, 0.6) is 0 Å². The zero-order chi connectivity index (χ0) is 13.8. The molecule has 0 spiro atoms. The minimum atomic E-state index is -0.859. The average Bonchev–Trinajstić information content (AvgIpc) is 2.53. The first-order valence-electron chi connectivity index (χ1n) is 6.54. The predicted molar refractivity (Wildman–Crippen MR) is 71.9 cm³/mol. The molecular formula is C14H19FN2O2. The SMILES string of the molecule is CC1CCN(c2ccccc2F)C(CC(=O)O)CN1. The molecule has 2 rings (SSSR count). The Labute approximate surface area is 112 Å². The second kappa shape index (κ2) is 6.02. The fourth-order valence-electron chi connectivity index (χ4n) is 2.45. The van der Waals surface area contributed by atoms with Crippen LogP contribution >= 0.6 is 0 Å². The van der Waals surface area contributed by atoms with Crippen LogP contribution in [-0.2, 0) is 4.79 Å². The first kappa shape index (κ1) is 13.8. The fourth-order valence-corrected chi connectivity index (χ4v) is 2.45. The summed E-state index contributed by atoms with van der Waals surface area (Å²) in [5.74, 6) is -1.16. The van der Waals surface area contributed by atoms with Crippen molar-refractivity contribution in [2.24, 2.45) is 0 Å². The highest BCUT2D eigenvalue weighted by Crippen LogP contribution is 2.24. The molecule has 0 amide bonds. The van der Waals surface area contributed by atoms with Gasteiger partial charge in [0.1, 0.15) is 5.82 Å². The van der Waals surface area contributed by atoms with Gasteiger partial charge in [0, 0.05) is 19.1 Å². The van der Waals surface area contributed by atoms with Crippen LogP contribution in [0.1, 0.15) is 19.8 Å². The summed E-state index contributed by atoms with van der Waals surface area (Å²) >= 11 is 0. The van der Waals surface area contributed by atoms with E-state index in [1.54, 1.807) is 18.2 Å². The Hall–Kier alpha value is -1.62. The molecule has 104 valence electrons. The topological polar surface area (TPSA) is 52.6 Å². The Morgan fingerprint density at radius 3 is 2.95 bits per heavy atom. The summed E-state index contributed by atoms with van der Waals surface area (Å²) in [4.78, 5) is 12.8. The molecular weight excluding hydrogens is 247 g/mol. The van der Waals surface area contributed by atoms with E-state index in [2.05, 4.69) is 12.2 Å². The van der Waals surface area contributed by atoms with Crippen LogP contribution in [0, 0.1) is 5.82 Å². The molecule has 0 radical (unpaired) electrons. The number of carboxylic acid groups (broad SMARTS) is 1. The van der Waals surface area contributed by atoms with Crippen molar-refractivity contribution in [1.82, 2.24) is 5.32 Å². The number of hydrogen-bond donors (Lipinski definition) is 2. The molecule has 5 heteroatoms. The van der Waals surface area contributed by atoms with Crippen molar-refractivity contribution in [3.8, 4) is 0 Å². The van der Waals surface area contributed by atoms with Crippen LogP contribution in [0.15, 0.2) is 24.3 Å². The highest BCUT2D eigenvalue weighted by molar-refractivity contribution is 5.68. The Bertz CT molecular complexity index is 453. The predicted octanol–water partition coefficient (Wildman–Crippen LogP) is 1.86. The quantitative estimate of drug-likeness (QED) is 0.876. The maximum absolute atomic E-state index is 13.9. The largest absolute Gasteiger partial charge is 0.481 e. The Kier molecular flexibility index (Phi) is 4.37. The maximum atomic E-state index is 13.9. The van der Waals surface area contributed by atoms with Gasteiger partial charge in [-0.25, -0.2) is 4.39 Å². The molecule has 0 saturated carbocycles. The normalized spacial score (nSPS) is 24.0. The van der Waals surface area contributed by atoms with E-state index in [9.17, 15) is 9.18 Å². The molecule has 1 saturated heterocycles. The van der Waals surface area contributed by atoms with Crippen molar-refractivity contribution in [3.63, 3.8) is 0 Å². The molecule has 0 aliphatic carbocycles. The first-order chi connectivity index (χ1) is 9.08. The number of benzene rings is 1. The summed E-state index contributed by atoms with van der Waals surface area (Å²) in [5.41, 5.74) is 0.490. The maximum Gasteiger partial charge on any atom is 0.305 e. The van der Waals surface area contributed by atoms with Gasteiger partial charge in [-0.1, -0.05) is 12.1 Å². The van der Waals surface area contributed by atoms with Crippen LogP contribution in [0.3, 0.4) is 0 Å². The second-order valence-corrected chi connectivity index (χ2v) is 4.99. The molecule has 2 N–H and O–H groups in total. The molecule has 2 atom stereocenters. The van der Waals surface area contributed by atoms with Crippen molar-refractivity contribution >= 4 is 11.7 Å². The third-order valence-electron chi connectivity index (χ3n) is 3.52. The minimum absolute atomic E-state index is 0.00799. The number of hydrogen-bond acceptors (Lipinski definition) is 3. The molecule has 1 fully saturated rings. The monoisotopic (exact) mass is 266 g/mol. The average molecular weight is 266 g/mol. The van der Waals surface area contributed by atoms with E-state index in [0.717, 1.165) is 6.42 Å². The van der Waals surface area contributed by atoms with Gasteiger partial charge in [0.2, 0.25) is 0 Å². The molecule has 1 aromatic rings. The molecule has 1 aliphatic rings. The summed E-state index contributed by atoms with van der Waals surface area (Å²) in [5, 5.41) is 12.3. The van der Waals surface area contributed by atoms with Crippen LogP contribution in [-0.4, -0.2) is 36.2 Å². The van der Waals surface area contributed by atoms with E-state index in [0.29, 0.717) is 24.8 Å². The standard InChI is InChI=1S/C14H19FN2O2/c1-10-6-7-17(11(9-16-10)8-14(18)19)13-5-3-2-4-12(13)15/h2-5,10-11,16H,6-9H2,1H3,(H,18,19). The third kappa shape index (κ3) is 3.44. The minimum Gasteiger partial charge on any atom is -0.481 e. The number of aliphatic carboxylic acids is 1. The van der Waals surface area contributed by atoms with Crippen molar-refractivity contribution in [2.45, 2.75) is 31.8 Å². The molecule has 4 nitrogen and oxygen atoms in total. The van der Waals surface area contributed by atoms with E-state index >= 15 is 0 Å². The number of halogens is 1. The van der Waals surface area contributed by atoms with Crippen LogP contribution in [0.2, 0.25) is 0 Å². The highest BCUT2D eigenvalue weighted by atomic mass is 19.1. The van der Waals surface area contributed by atoms with Crippen LogP contribution in [0.25, 0.3) is 0 Å². The van der Waals surface area contributed by atoms with Gasteiger partial charge in [0.25, 0.3) is 0 Å². The van der Waals surface area contributed by atoms with Gasteiger partial charge in [0.05, 0.1) is 18.2 Å². The number of para-hydroxylation sites is 1.